The van der Waals surface area contributed by atoms with E-state index in [4.69, 9.17) is 0 Å². The second-order valence-electron chi connectivity index (χ2n) is 6.57. The Hall–Kier alpha value is -2.56. The van der Waals surface area contributed by atoms with Crippen LogP contribution in [-0.4, -0.2) is 23.7 Å². The summed E-state index contributed by atoms with van der Waals surface area (Å²) in [5, 5.41) is 5.20. The summed E-state index contributed by atoms with van der Waals surface area (Å²) in [6.45, 7) is 2.11. The molecule has 5 heteroatoms. The van der Waals surface area contributed by atoms with Gasteiger partial charge in [-0.3, -0.25) is 20.0 Å². The number of nitrogens with one attached hydrogen (secondary N) is 2. The van der Waals surface area contributed by atoms with Crippen LogP contribution in [0.2, 0.25) is 0 Å². The molecular formula is C20H25N3O2. The van der Waals surface area contributed by atoms with Crippen LogP contribution in [0, 0.1) is 0 Å². The Balaban J connectivity index is 1.77. The van der Waals surface area contributed by atoms with Gasteiger partial charge in [-0.1, -0.05) is 25.5 Å². The van der Waals surface area contributed by atoms with Crippen molar-refractivity contribution >= 4 is 23.1 Å². The molecule has 0 unspecified atom stereocenters. The van der Waals surface area contributed by atoms with E-state index >= 15 is 0 Å². The van der Waals surface area contributed by atoms with Crippen molar-refractivity contribution in [2.45, 2.75) is 45.4 Å². The molecule has 25 heavy (non-hydrogen) atoms. The third kappa shape index (κ3) is 3.92. The maximum atomic E-state index is 12.2. The number of carbonyl (C=O) groups is 2. The number of ketones is 1. The molecule has 0 fully saturated rings. The van der Waals surface area contributed by atoms with Crippen LogP contribution in [0.4, 0.5) is 5.69 Å². The SMILES string of the molecule is CCCC1=C(Nc2ccc(C3=CCC(=O)NN3C)cc2)CCCC1=O. The molecule has 0 radical (unpaired) electrons. The second-order valence-corrected chi connectivity index (χ2v) is 6.57. The number of anilines is 1. The lowest BCUT2D eigenvalue weighted by atomic mass is 9.92. The molecule has 5 nitrogen and oxygen atoms in total. The van der Waals surface area contributed by atoms with Gasteiger partial charge < -0.3 is 5.32 Å². The first-order chi connectivity index (χ1) is 12.1. The van der Waals surface area contributed by atoms with Crippen LogP contribution in [-0.2, 0) is 9.59 Å². The number of benzene rings is 1. The van der Waals surface area contributed by atoms with Crippen molar-refractivity contribution in [1.82, 2.24) is 10.4 Å². The highest BCUT2D eigenvalue weighted by Gasteiger charge is 2.20. The van der Waals surface area contributed by atoms with Gasteiger partial charge in [0.15, 0.2) is 5.78 Å². The van der Waals surface area contributed by atoms with Crippen LogP contribution in [0.3, 0.4) is 0 Å². The molecule has 132 valence electrons. The molecule has 1 aromatic rings. The quantitative estimate of drug-likeness (QED) is 0.860. The Kier molecular flexibility index (Phi) is 5.22. The van der Waals surface area contributed by atoms with E-state index in [1.165, 1.54) is 0 Å². The van der Waals surface area contributed by atoms with E-state index in [-0.39, 0.29) is 11.7 Å². The molecule has 2 N–H and O–H groups in total. The third-order valence-corrected chi connectivity index (χ3v) is 4.64. The van der Waals surface area contributed by atoms with Crippen LogP contribution < -0.4 is 10.7 Å². The lowest BCUT2D eigenvalue weighted by Gasteiger charge is -2.27. The molecule has 0 aromatic heterocycles. The molecule has 1 aromatic carbocycles. The molecule has 1 amide bonds. The lowest BCUT2D eigenvalue weighted by molar-refractivity contribution is -0.123. The van der Waals surface area contributed by atoms with Crippen molar-refractivity contribution in [3.63, 3.8) is 0 Å². The van der Waals surface area contributed by atoms with Gasteiger partial charge in [-0.25, -0.2) is 0 Å². The zero-order valence-electron chi connectivity index (χ0n) is 14.9. The average molecular weight is 339 g/mol. The first-order valence-electron chi connectivity index (χ1n) is 8.94. The number of rotatable bonds is 5. The number of hydrogen-bond donors (Lipinski definition) is 2. The van der Waals surface area contributed by atoms with Gasteiger partial charge in [0.25, 0.3) is 0 Å². The van der Waals surface area contributed by atoms with Crippen LogP contribution >= 0.6 is 0 Å². The van der Waals surface area contributed by atoms with E-state index in [1.54, 1.807) is 5.01 Å². The summed E-state index contributed by atoms with van der Waals surface area (Å²) in [4.78, 5) is 23.6. The lowest BCUT2D eigenvalue weighted by Crippen LogP contribution is -2.40. The zero-order valence-corrected chi connectivity index (χ0v) is 14.9. The minimum absolute atomic E-state index is 0.00175. The van der Waals surface area contributed by atoms with Crippen molar-refractivity contribution in [2.24, 2.45) is 0 Å². The van der Waals surface area contributed by atoms with Crippen LogP contribution in [0.1, 0.15) is 51.0 Å². The molecule has 0 bridgehead atoms. The Morgan fingerprint density at radius 3 is 2.60 bits per heavy atom. The van der Waals surface area contributed by atoms with Crippen LogP contribution in [0.5, 0.6) is 0 Å². The fraction of sp³-hybridized carbons (Fsp3) is 0.400. The topological polar surface area (TPSA) is 61.4 Å². The van der Waals surface area contributed by atoms with Gasteiger partial charge in [-0.15, -0.1) is 0 Å². The molecule has 1 aliphatic carbocycles. The summed E-state index contributed by atoms with van der Waals surface area (Å²) in [5.74, 6) is 0.291. The Morgan fingerprint density at radius 2 is 1.92 bits per heavy atom. The number of hydrogen-bond acceptors (Lipinski definition) is 4. The van der Waals surface area contributed by atoms with E-state index in [9.17, 15) is 9.59 Å². The van der Waals surface area contributed by atoms with Crippen molar-refractivity contribution in [3.05, 3.63) is 47.2 Å². The molecule has 0 saturated heterocycles. The standard InChI is InChI=1S/C20H25N3O2/c1-3-5-16-17(6-4-7-19(16)24)21-15-10-8-14(9-11-15)18-12-13-20(25)22-23(18)2/h8-12,21H,3-7,13H2,1-2H3,(H,22,25). The highest BCUT2D eigenvalue weighted by Crippen LogP contribution is 2.28. The normalized spacial score (nSPS) is 18.2. The first-order valence-corrected chi connectivity index (χ1v) is 8.94. The molecule has 2 aliphatic rings. The number of amides is 1. The molecule has 0 atom stereocenters. The molecule has 1 aliphatic heterocycles. The van der Waals surface area contributed by atoms with E-state index in [0.717, 1.165) is 53.9 Å². The maximum absolute atomic E-state index is 12.2. The van der Waals surface area contributed by atoms with Gasteiger partial charge in [-0.05, 0) is 43.0 Å². The minimum Gasteiger partial charge on any atom is -0.359 e. The highest BCUT2D eigenvalue weighted by atomic mass is 16.2. The van der Waals surface area contributed by atoms with Gasteiger partial charge in [0.2, 0.25) is 5.91 Å². The summed E-state index contributed by atoms with van der Waals surface area (Å²) in [5.41, 5.74) is 7.88. The third-order valence-electron chi connectivity index (χ3n) is 4.64. The maximum Gasteiger partial charge on any atom is 0.242 e. The van der Waals surface area contributed by atoms with Crippen molar-refractivity contribution in [3.8, 4) is 0 Å². The number of hydrazine groups is 1. The minimum atomic E-state index is 0.00175. The van der Waals surface area contributed by atoms with Crippen molar-refractivity contribution in [1.29, 1.82) is 0 Å². The number of allylic oxidation sites excluding steroid dienone is 2. The van der Waals surface area contributed by atoms with Gasteiger partial charge in [0.05, 0.1) is 5.70 Å². The van der Waals surface area contributed by atoms with Crippen molar-refractivity contribution < 1.29 is 9.59 Å². The van der Waals surface area contributed by atoms with E-state index in [2.05, 4.69) is 17.7 Å². The van der Waals surface area contributed by atoms with Crippen LogP contribution in [0.25, 0.3) is 5.70 Å². The Morgan fingerprint density at radius 1 is 1.16 bits per heavy atom. The summed E-state index contributed by atoms with van der Waals surface area (Å²) in [6, 6.07) is 8.12. The van der Waals surface area contributed by atoms with Crippen molar-refractivity contribution in [2.75, 3.05) is 12.4 Å². The van der Waals surface area contributed by atoms with E-state index in [0.29, 0.717) is 12.8 Å². The fourth-order valence-corrected chi connectivity index (χ4v) is 3.40. The van der Waals surface area contributed by atoms with Gasteiger partial charge >= 0.3 is 0 Å². The summed E-state index contributed by atoms with van der Waals surface area (Å²) in [7, 11) is 1.84. The summed E-state index contributed by atoms with van der Waals surface area (Å²) < 4.78 is 0. The molecule has 0 spiro atoms. The first kappa shape index (κ1) is 17.3. The van der Waals surface area contributed by atoms with Gasteiger partial charge in [0, 0.05) is 36.8 Å². The smallest absolute Gasteiger partial charge is 0.242 e. The summed E-state index contributed by atoms with van der Waals surface area (Å²) in [6.07, 6.45) is 6.68. The zero-order chi connectivity index (χ0) is 17.8. The monoisotopic (exact) mass is 339 g/mol. The number of carbonyl (C=O) groups excluding carboxylic acids is 2. The second kappa shape index (κ2) is 7.55. The predicted molar refractivity (Wildman–Crippen MR) is 99.4 cm³/mol. The highest BCUT2D eigenvalue weighted by molar-refractivity contribution is 5.97. The fourth-order valence-electron chi connectivity index (χ4n) is 3.40. The molecule has 3 rings (SSSR count). The Labute approximate surface area is 148 Å². The van der Waals surface area contributed by atoms with Crippen LogP contribution in [0.15, 0.2) is 41.6 Å². The average Bonchev–Trinajstić information content (AvgIpc) is 2.59. The van der Waals surface area contributed by atoms with E-state index in [1.807, 2.05) is 37.4 Å². The predicted octanol–water partition coefficient (Wildman–Crippen LogP) is 3.61. The number of Topliss-reactive ketones (excluding diaryl/α,β-unsaturated/α-hetero) is 1. The largest absolute Gasteiger partial charge is 0.359 e. The van der Waals surface area contributed by atoms with E-state index < -0.39 is 0 Å². The molecular weight excluding hydrogens is 314 g/mol. The molecule has 1 heterocycles. The van der Waals surface area contributed by atoms with Gasteiger partial charge in [0.1, 0.15) is 0 Å². The Bertz CT molecular complexity index is 732. The summed E-state index contributed by atoms with van der Waals surface area (Å²) >= 11 is 0. The molecule has 0 saturated carbocycles. The number of nitrogens with zero attached hydrogens (tertiary/aromatic N) is 1. The van der Waals surface area contributed by atoms with Gasteiger partial charge in [-0.2, -0.15) is 0 Å².